The van der Waals surface area contributed by atoms with Crippen molar-refractivity contribution in [3.63, 3.8) is 0 Å². The normalized spacial score (nSPS) is 24.1. The van der Waals surface area contributed by atoms with Gasteiger partial charge < -0.3 is 15.7 Å². The molecule has 0 radical (unpaired) electrons. The lowest BCUT2D eigenvalue weighted by Crippen LogP contribution is -2.46. The number of piperidine rings is 1. The Balaban J connectivity index is 2.26. The Hall–Kier alpha value is -1.26. The number of β-amino-alcohol motifs (C(OH)–C–C–N with tert-alkyl or cyclic N) is 1. The summed E-state index contributed by atoms with van der Waals surface area (Å²) in [5.41, 5.74) is 6.27. The molecule has 1 fully saturated rings. The van der Waals surface area contributed by atoms with E-state index in [1.165, 1.54) is 0 Å². The molecule has 1 atom stereocenters. The predicted octanol–water partition coefficient (Wildman–Crippen LogP) is 1.98. The van der Waals surface area contributed by atoms with Gasteiger partial charge in [0.25, 0.3) is 0 Å². The molecule has 0 aliphatic carbocycles. The van der Waals surface area contributed by atoms with Crippen LogP contribution in [-0.4, -0.2) is 29.6 Å². The number of nitrogens with two attached hydrogens (primary N) is 1. The van der Waals surface area contributed by atoms with E-state index in [1.54, 1.807) is 12.1 Å². The van der Waals surface area contributed by atoms with E-state index in [9.17, 15) is 5.11 Å². The molecule has 4 nitrogen and oxygen atoms in total. The van der Waals surface area contributed by atoms with Gasteiger partial charge in [-0.3, -0.25) is 5.41 Å². The van der Waals surface area contributed by atoms with Gasteiger partial charge in [-0.2, -0.15) is 0 Å². The first-order chi connectivity index (χ1) is 8.39. The predicted molar refractivity (Wildman–Crippen MR) is 74.5 cm³/mol. The van der Waals surface area contributed by atoms with E-state index in [1.807, 2.05) is 13.0 Å². The summed E-state index contributed by atoms with van der Waals surface area (Å²) in [4.78, 5) is 2.08. The summed E-state index contributed by atoms with van der Waals surface area (Å²) in [6, 6.07) is 5.34. The molecule has 1 saturated heterocycles. The van der Waals surface area contributed by atoms with Crippen molar-refractivity contribution in [2.75, 3.05) is 18.0 Å². The van der Waals surface area contributed by atoms with Gasteiger partial charge in [-0.05, 0) is 38.0 Å². The van der Waals surface area contributed by atoms with Crippen molar-refractivity contribution in [3.05, 3.63) is 28.8 Å². The van der Waals surface area contributed by atoms with Crippen molar-refractivity contribution >= 4 is 23.1 Å². The van der Waals surface area contributed by atoms with Crippen LogP contribution in [0.1, 0.15) is 25.3 Å². The van der Waals surface area contributed by atoms with Gasteiger partial charge >= 0.3 is 0 Å². The molecule has 0 bridgehead atoms. The minimum Gasteiger partial charge on any atom is -0.388 e. The van der Waals surface area contributed by atoms with Crippen molar-refractivity contribution in [2.24, 2.45) is 5.73 Å². The van der Waals surface area contributed by atoms with Gasteiger partial charge in [0.2, 0.25) is 0 Å². The van der Waals surface area contributed by atoms with Crippen LogP contribution in [0.3, 0.4) is 0 Å². The average molecular weight is 268 g/mol. The minimum atomic E-state index is -0.666. The molecule has 2 rings (SSSR count). The van der Waals surface area contributed by atoms with Crippen LogP contribution in [0.4, 0.5) is 5.69 Å². The molecule has 18 heavy (non-hydrogen) atoms. The highest BCUT2D eigenvalue weighted by molar-refractivity contribution is 6.33. The molecular weight excluding hydrogens is 250 g/mol. The number of rotatable bonds is 2. The van der Waals surface area contributed by atoms with Crippen LogP contribution in [0.5, 0.6) is 0 Å². The lowest BCUT2D eigenvalue weighted by atomic mass is 9.94. The highest BCUT2D eigenvalue weighted by atomic mass is 35.5. The summed E-state index contributed by atoms with van der Waals surface area (Å²) < 4.78 is 0. The van der Waals surface area contributed by atoms with Crippen LogP contribution in [0.25, 0.3) is 0 Å². The molecule has 5 heteroatoms. The molecule has 1 aliphatic rings. The number of halogens is 1. The summed E-state index contributed by atoms with van der Waals surface area (Å²) in [5, 5.41) is 18.0. The first kappa shape index (κ1) is 13.2. The molecule has 1 unspecified atom stereocenters. The zero-order chi connectivity index (χ0) is 13.3. The number of amidine groups is 1. The van der Waals surface area contributed by atoms with Crippen LogP contribution < -0.4 is 10.6 Å². The third-order valence-corrected chi connectivity index (χ3v) is 3.58. The first-order valence-corrected chi connectivity index (χ1v) is 6.38. The number of nitrogens with zero attached hydrogens (tertiary/aromatic N) is 1. The fourth-order valence-corrected chi connectivity index (χ4v) is 2.66. The summed E-state index contributed by atoms with van der Waals surface area (Å²) in [5.74, 6) is 0.00842. The maximum atomic E-state index is 10.1. The lowest BCUT2D eigenvalue weighted by molar-refractivity contribution is 0.0449. The van der Waals surface area contributed by atoms with Crippen LogP contribution in [0.15, 0.2) is 18.2 Å². The second-order valence-electron chi connectivity index (χ2n) is 5.10. The SMILES string of the molecule is CC1(O)CCCN(c2ccc(C(=N)N)cc2Cl)C1. The maximum absolute atomic E-state index is 10.1. The third kappa shape index (κ3) is 2.76. The van der Waals surface area contributed by atoms with Gasteiger partial charge in [0.15, 0.2) is 0 Å². The molecule has 0 amide bonds. The maximum Gasteiger partial charge on any atom is 0.122 e. The van der Waals surface area contributed by atoms with Gasteiger partial charge in [-0.1, -0.05) is 11.6 Å². The van der Waals surface area contributed by atoms with Crippen molar-refractivity contribution < 1.29 is 5.11 Å². The molecule has 98 valence electrons. The van der Waals surface area contributed by atoms with E-state index in [-0.39, 0.29) is 5.84 Å². The van der Waals surface area contributed by atoms with Crippen LogP contribution in [-0.2, 0) is 0 Å². The number of aliphatic hydroxyl groups is 1. The Bertz CT molecular complexity index is 473. The van der Waals surface area contributed by atoms with Gasteiger partial charge in [0.05, 0.1) is 16.3 Å². The minimum absolute atomic E-state index is 0.00842. The number of hydrogen-bond donors (Lipinski definition) is 3. The molecule has 0 saturated carbocycles. The van der Waals surface area contributed by atoms with Crippen molar-refractivity contribution in [2.45, 2.75) is 25.4 Å². The molecule has 4 N–H and O–H groups in total. The molecular formula is C13H18ClN3O. The number of anilines is 1. The molecule has 1 aromatic rings. The van der Waals surface area contributed by atoms with Crippen molar-refractivity contribution in [1.29, 1.82) is 5.41 Å². The van der Waals surface area contributed by atoms with Crippen LogP contribution in [0.2, 0.25) is 5.02 Å². The largest absolute Gasteiger partial charge is 0.388 e. The summed E-state index contributed by atoms with van der Waals surface area (Å²) in [6.45, 7) is 3.30. The summed E-state index contributed by atoms with van der Waals surface area (Å²) >= 11 is 6.22. The number of nitrogens with one attached hydrogen (secondary N) is 1. The third-order valence-electron chi connectivity index (χ3n) is 3.27. The van der Waals surface area contributed by atoms with E-state index >= 15 is 0 Å². The highest BCUT2D eigenvalue weighted by Crippen LogP contribution is 2.31. The van der Waals surface area contributed by atoms with Gasteiger partial charge in [-0.15, -0.1) is 0 Å². The fourth-order valence-electron chi connectivity index (χ4n) is 2.36. The fraction of sp³-hybridized carbons (Fsp3) is 0.462. The second-order valence-corrected chi connectivity index (χ2v) is 5.51. The Morgan fingerprint density at radius 3 is 2.83 bits per heavy atom. The number of hydrogen-bond acceptors (Lipinski definition) is 3. The topological polar surface area (TPSA) is 73.3 Å². The zero-order valence-corrected chi connectivity index (χ0v) is 11.2. The van der Waals surface area contributed by atoms with E-state index in [0.29, 0.717) is 17.1 Å². The van der Waals surface area contributed by atoms with Crippen LogP contribution in [0, 0.1) is 5.41 Å². The van der Waals surface area contributed by atoms with E-state index in [4.69, 9.17) is 22.7 Å². The van der Waals surface area contributed by atoms with Crippen molar-refractivity contribution in [3.8, 4) is 0 Å². The average Bonchev–Trinajstić information content (AvgIpc) is 2.27. The lowest BCUT2D eigenvalue weighted by Gasteiger charge is -2.38. The zero-order valence-electron chi connectivity index (χ0n) is 10.4. The van der Waals surface area contributed by atoms with Gasteiger partial charge in [0, 0.05) is 18.7 Å². The number of nitrogen functional groups attached to an aromatic ring is 1. The molecule has 1 aromatic carbocycles. The second kappa shape index (κ2) is 4.78. The van der Waals surface area contributed by atoms with E-state index < -0.39 is 5.60 Å². The quantitative estimate of drug-likeness (QED) is 0.567. The van der Waals surface area contributed by atoms with Crippen LogP contribution >= 0.6 is 11.6 Å². The Kier molecular flexibility index (Phi) is 3.50. The summed E-state index contributed by atoms with van der Waals surface area (Å²) in [6.07, 6.45) is 1.75. The Labute approximate surface area is 112 Å². The molecule has 1 aliphatic heterocycles. The standard InChI is InChI=1S/C13H18ClN3O/c1-13(18)5-2-6-17(8-13)11-4-3-9(12(15)16)7-10(11)14/h3-4,7,18H,2,5-6,8H2,1H3,(H3,15,16). The first-order valence-electron chi connectivity index (χ1n) is 6.00. The molecule has 1 heterocycles. The monoisotopic (exact) mass is 267 g/mol. The number of benzene rings is 1. The highest BCUT2D eigenvalue weighted by Gasteiger charge is 2.29. The van der Waals surface area contributed by atoms with Gasteiger partial charge in [-0.25, -0.2) is 0 Å². The summed E-state index contributed by atoms with van der Waals surface area (Å²) in [7, 11) is 0. The molecule has 0 spiro atoms. The Morgan fingerprint density at radius 2 is 2.28 bits per heavy atom. The van der Waals surface area contributed by atoms with Gasteiger partial charge in [0.1, 0.15) is 5.84 Å². The Morgan fingerprint density at radius 1 is 1.56 bits per heavy atom. The smallest absolute Gasteiger partial charge is 0.122 e. The van der Waals surface area contributed by atoms with E-state index in [0.717, 1.165) is 25.1 Å². The van der Waals surface area contributed by atoms with E-state index in [2.05, 4.69) is 4.90 Å². The van der Waals surface area contributed by atoms with Crippen molar-refractivity contribution in [1.82, 2.24) is 0 Å². The molecule has 0 aromatic heterocycles.